The molecule has 0 fully saturated rings. The average molecular weight is 537 g/mol. The molecule has 1 amide bonds. The van der Waals surface area contributed by atoms with Crippen LogP contribution in [0.5, 0.6) is 0 Å². The molecule has 0 saturated carbocycles. The van der Waals surface area contributed by atoms with Crippen molar-refractivity contribution in [2.24, 2.45) is 0 Å². The van der Waals surface area contributed by atoms with Crippen LogP contribution in [0.25, 0.3) is 22.2 Å². The normalized spacial score (nSPS) is 12.0. The van der Waals surface area contributed by atoms with Crippen LogP contribution in [-0.4, -0.2) is 24.2 Å². The molecule has 0 saturated heterocycles. The highest BCUT2D eigenvalue weighted by molar-refractivity contribution is 7.81. The van der Waals surface area contributed by atoms with E-state index in [1.54, 1.807) is 42.5 Å². The topological polar surface area (TPSA) is 78.3 Å². The summed E-state index contributed by atoms with van der Waals surface area (Å²) in [7, 11) is 0. The molecule has 5 aromatic rings. The van der Waals surface area contributed by atoms with Gasteiger partial charge in [-0.1, -0.05) is 74.0 Å². The molecule has 5 rings (SSSR count). The zero-order valence-corrected chi connectivity index (χ0v) is 22.9. The van der Waals surface area contributed by atoms with Gasteiger partial charge in [0.15, 0.2) is 0 Å². The van der Waals surface area contributed by atoms with E-state index in [1.807, 2.05) is 36.5 Å². The van der Waals surface area contributed by atoms with E-state index in [2.05, 4.69) is 41.6 Å². The molecule has 2 aromatic heterocycles. The Morgan fingerprint density at radius 3 is 2.41 bits per heavy atom. The largest absolute Gasteiger partial charge is 0.755 e. The lowest BCUT2D eigenvalue weighted by Gasteiger charge is -2.26. The van der Waals surface area contributed by atoms with Crippen LogP contribution >= 0.6 is 0 Å². The number of anilines is 1. The average Bonchev–Trinajstić information content (AvgIpc) is 3.31. The summed E-state index contributed by atoms with van der Waals surface area (Å²) in [5, 5.41) is 1.18. The van der Waals surface area contributed by atoms with E-state index in [4.69, 9.17) is 0 Å². The van der Waals surface area contributed by atoms with Crippen molar-refractivity contribution in [3.63, 3.8) is 0 Å². The Balaban J connectivity index is 1.48. The van der Waals surface area contributed by atoms with Crippen LogP contribution in [0.15, 0.2) is 97.2 Å². The number of rotatable bonds is 9. The third kappa shape index (κ3) is 5.55. The molecule has 0 aliphatic carbocycles. The number of pyridine rings is 1. The third-order valence-electron chi connectivity index (χ3n) is 6.97. The van der Waals surface area contributed by atoms with Gasteiger partial charge in [0.2, 0.25) is 0 Å². The predicted octanol–water partition coefficient (Wildman–Crippen LogP) is 6.84. The monoisotopic (exact) mass is 536 g/mol. The van der Waals surface area contributed by atoms with Gasteiger partial charge in [-0.2, -0.15) is 0 Å². The van der Waals surface area contributed by atoms with Crippen molar-refractivity contribution < 1.29 is 13.6 Å². The van der Waals surface area contributed by atoms with Crippen molar-refractivity contribution in [3.05, 3.63) is 120 Å². The Hall–Kier alpha value is -4.07. The number of carbonyl (C=O) groups is 1. The molecular weight excluding hydrogens is 506 g/mol. The van der Waals surface area contributed by atoms with E-state index in [-0.39, 0.29) is 0 Å². The zero-order valence-electron chi connectivity index (χ0n) is 22.0. The van der Waals surface area contributed by atoms with Crippen molar-refractivity contribution >= 4 is 33.9 Å². The van der Waals surface area contributed by atoms with Gasteiger partial charge < -0.3 is 9.12 Å². The molecule has 2 heterocycles. The van der Waals surface area contributed by atoms with Crippen LogP contribution in [-0.2, 0) is 24.2 Å². The molecule has 0 spiro atoms. The van der Waals surface area contributed by atoms with Gasteiger partial charge in [0.25, 0.3) is 5.91 Å². The molecule has 0 N–H and O–H groups in total. The Morgan fingerprint density at radius 2 is 1.69 bits per heavy atom. The molecule has 0 aliphatic heterocycles. The zero-order chi connectivity index (χ0) is 27.4. The SMILES string of the molecule is CCCCc1cc2c(C)ccnc2n1Cc1ccc(-c2ccccc2N(C(=O)c2ccccc2)S(=O)[O-])cc1. The van der Waals surface area contributed by atoms with Gasteiger partial charge in [-0.25, -0.2) is 9.29 Å². The fourth-order valence-electron chi connectivity index (χ4n) is 4.89. The minimum atomic E-state index is -2.79. The molecule has 3 aromatic carbocycles. The number of benzene rings is 3. The summed E-state index contributed by atoms with van der Waals surface area (Å²) in [6, 6.07) is 27.8. The third-order valence-corrected chi connectivity index (χ3v) is 7.63. The minimum Gasteiger partial charge on any atom is -0.755 e. The summed E-state index contributed by atoms with van der Waals surface area (Å²) >= 11 is -2.79. The molecule has 0 bridgehead atoms. The van der Waals surface area contributed by atoms with Crippen LogP contribution in [0.1, 0.15) is 46.9 Å². The molecule has 7 heteroatoms. The summed E-state index contributed by atoms with van der Waals surface area (Å²) in [5.74, 6) is -0.602. The minimum absolute atomic E-state index is 0.300. The molecule has 1 atom stereocenters. The number of unbranched alkanes of at least 4 members (excludes halogenated alkanes) is 1. The van der Waals surface area contributed by atoms with Crippen molar-refractivity contribution in [1.82, 2.24) is 9.55 Å². The second-order valence-electron chi connectivity index (χ2n) is 9.59. The van der Waals surface area contributed by atoms with Crippen LogP contribution < -0.4 is 4.31 Å². The van der Waals surface area contributed by atoms with Crippen LogP contribution in [0, 0.1) is 6.92 Å². The Bertz CT molecular complexity index is 1630. The number of hydrogen-bond donors (Lipinski definition) is 0. The first-order chi connectivity index (χ1) is 19.0. The molecule has 1 unspecified atom stereocenters. The summed E-state index contributed by atoms with van der Waals surface area (Å²) in [6.45, 7) is 5.00. The van der Waals surface area contributed by atoms with Gasteiger partial charge in [-0.15, -0.1) is 0 Å². The number of para-hydroxylation sites is 1. The quantitative estimate of drug-likeness (QED) is 0.193. The number of aromatic nitrogens is 2. The molecular formula is C32H30N3O3S-. The fourth-order valence-corrected chi connectivity index (χ4v) is 5.45. The van der Waals surface area contributed by atoms with E-state index in [0.717, 1.165) is 40.3 Å². The van der Waals surface area contributed by atoms with E-state index in [9.17, 15) is 13.6 Å². The summed E-state index contributed by atoms with van der Waals surface area (Å²) in [5.41, 5.74) is 6.68. The lowest BCUT2D eigenvalue weighted by molar-refractivity contribution is 0.100. The van der Waals surface area contributed by atoms with Crippen LogP contribution in [0.2, 0.25) is 0 Å². The van der Waals surface area contributed by atoms with E-state index >= 15 is 0 Å². The van der Waals surface area contributed by atoms with Gasteiger partial charge >= 0.3 is 0 Å². The maximum Gasteiger partial charge on any atom is 0.269 e. The number of fused-ring (bicyclic) bond motifs is 1. The van der Waals surface area contributed by atoms with Crippen molar-refractivity contribution in [3.8, 4) is 11.1 Å². The Morgan fingerprint density at radius 1 is 0.974 bits per heavy atom. The Kier molecular flexibility index (Phi) is 8.00. The highest BCUT2D eigenvalue weighted by atomic mass is 32.2. The number of hydrogen-bond acceptors (Lipinski definition) is 4. The second-order valence-corrected chi connectivity index (χ2v) is 10.4. The van der Waals surface area contributed by atoms with E-state index in [0.29, 0.717) is 23.4 Å². The molecule has 39 heavy (non-hydrogen) atoms. The van der Waals surface area contributed by atoms with Gasteiger partial charge in [-0.3, -0.25) is 9.00 Å². The number of aryl methyl sites for hydroxylation is 2. The fraction of sp³-hybridized carbons (Fsp3) is 0.188. The van der Waals surface area contributed by atoms with E-state index in [1.165, 1.54) is 16.6 Å². The summed E-state index contributed by atoms with van der Waals surface area (Å²) < 4.78 is 27.6. The maximum absolute atomic E-state index is 13.2. The summed E-state index contributed by atoms with van der Waals surface area (Å²) in [4.78, 5) is 17.9. The first kappa shape index (κ1) is 26.5. The van der Waals surface area contributed by atoms with Crippen LogP contribution in [0.4, 0.5) is 5.69 Å². The molecule has 6 nitrogen and oxygen atoms in total. The number of carbonyl (C=O) groups excluding carboxylic acids is 1. The number of amides is 1. The van der Waals surface area contributed by atoms with Crippen LogP contribution in [0.3, 0.4) is 0 Å². The lowest BCUT2D eigenvalue weighted by atomic mass is 10.0. The Labute approximate surface area is 231 Å². The van der Waals surface area contributed by atoms with Gasteiger partial charge in [0.1, 0.15) is 5.65 Å². The number of nitrogens with zero attached hydrogens (tertiary/aromatic N) is 3. The standard InChI is InChI=1S/C32H31N3O3S/c1-3-4-12-27-21-29-23(2)19-20-33-31(29)34(27)22-24-15-17-25(18-16-24)28-13-8-9-14-30(28)35(39(37)38)32(36)26-10-6-5-7-11-26/h5-11,13-21H,3-4,12,22H2,1-2H3,(H,37,38)/p-1. The van der Waals surface area contributed by atoms with Gasteiger partial charge in [0.05, 0.1) is 17.0 Å². The second kappa shape index (κ2) is 11.8. The molecule has 198 valence electrons. The smallest absolute Gasteiger partial charge is 0.269 e. The van der Waals surface area contributed by atoms with Gasteiger partial charge in [-0.05, 0) is 66.8 Å². The first-order valence-electron chi connectivity index (χ1n) is 13.1. The first-order valence-corrected chi connectivity index (χ1v) is 14.1. The van der Waals surface area contributed by atoms with Crippen molar-refractivity contribution in [1.29, 1.82) is 0 Å². The highest BCUT2D eigenvalue weighted by Crippen LogP contribution is 2.33. The molecule has 0 aliphatic rings. The summed E-state index contributed by atoms with van der Waals surface area (Å²) in [6.07, 6.45) is 5.10. The maximum atomic E-state index is 13.2. The molecule has 0 radical (unpaired) electrons. The van der Waals surface area contributed by atoms with Crippen molar-refractivity contribution in [2.45, 2.75) is 39.7 Å². The van der Waals surface area contributed by atoms with Crippen molar-refractivity contribution in [2.75, 3.05) is 4.31 Å². The van der Waals surface area contributed by atoms with Gasteiger partial charge in [0, 0.05) is 34.9 Å². The van der Waals surface area contributed by atoms with E-state index < -0.39 is 17.2 Å². The predicted molar refractivity (Wildman–Crippen MR) is 156 cm³/mol. The highest BCUT2D eigenvalue weighted by Gasteiger charge is 2.22. The lowest BCUT2D eigenvalue weighted by Crippen LogP contribution is -2.33.